The lowest BCUT2D eigenvalue weighted by Crippen LogP contribution is -2.35. The maximum Gasteiger partial charge on any atom is 0.189 e. The standard InChI is InChI=1S/C17H34O5Si/c1-3-4-9-22-23(2,10-5-7-18-12-16-14-20-16)11-6-8-19-13-17-15-21-17/h16-17H,3-15H2,1-2H3. The van der Waals surface area contributed by atoms with E-state index in [1.807, 2.05) is 0 Å². The van der Waals surface area contributed by atoms with Gasteiger partial charge in [-0.05, 0) is 37.9 Å². The molecular formula is C17H34O5Si. The second kappa shape index (κ2) is 10.8. The summed E-state index contributed by atoms with van der Waals surface area (Å²) in [5.41, 5.74) is 0. The van der Waals surface area contributed by atoms with E-state index in [1.165, 1.54) is 18.5 Å². The molecule has 0 spiro atoms. The molecule has 5 nitrogen and oxygen atoms in total. The van der Waals surface area contributed by atoms with E-state index in [0.29, 0.717) is 12.2 Å². The third-order valence-electron chi connectivity index (χ3n) is 4.35. The Kier molecular flexibility index (Phi) is 9.08. The van der Waals surface area contributed by atoms with Crippen molar-refractivity contribution >= 4 is 8.32 Å². The molecule has 2 aliphatic rings. The van der Waals surface area contributed by atoms with Crippen LogP contribution >= 0.6 is 0 Å². The summed E-state index contributed by atoms with van der Waals surface area (Å²) < 4.78 is 28.0. The fourth-order valence-electron chi connectivity index (χ4n) is 2.59. The van der Waals surface area contributed by atoms with Crippen LogP contribution in [0, 0.1) is 0 Å². The Morgan fingerprint density at radius 2 is 1.39 bits per heavy atom. The first-order valence-electron chi connectivity index (χ1n) is 9.24. The molecule has 6 heteroatoms. The molecule has 2 atom stereocenters. The van der Waals surface area contributed by atoms with Crippen LogP contribution in [0.15, 0.2) is 0 Å². The monoisotopic (exact) mass is 346 g/mol. The summed E-state index contributed by atoms with van der Waals surface area (Å²) in [6, 6.07) is 2.35. The minimum atomic E-state index is -1.63. The highest BCUT2D eigenvalue weighted by molar-refractivity contribution is 6.72. The SMILES string of the molecule is CCCCO[Si](C)(CCCOCC1CO1)CCCOCC1CO1. The van der Waals surface area contributed by atoms with Gasteiger partial charge in [-0.1, -0.05) is 13.3 Å². The molecule has 2 saturated heterocycles. The van der Waals surface area contributed by atoms with Crippen LogP contribution in [0.5, 0.6) is 0 Å². The van der Waals surface area contributed by atoms with E-state index in [9.17, 15) is 0 Å². The van der Waals surface area contributed by atoms with Gasteiger partial charge in [-0.25, -0.2) is 0 Å². The van der Waals surface area contributed by atoms with Gasteiger partial charge in [0, 0.05) is 19.8 Å². The van der Waals surface area contributed by atoms with Crippen molar-refractivity contribution in [3.05, 3.63) is 0 Å². The van der Waals surface area contributed by atoms with E-state index < -0.39 is 8.32 Å². The Morgan fingerprint density at radius 3 is 1.83 bits per heavy atom. The van der Waals surface area contributed by atoms with E-state index >= 15 is 0 Å². The van der Waals surface area contributed by atoms with Crippen LogP contribution in [0.2, 0.25) is 18.6 Å². The van der Waals surface area contributed by atoms with Crippen molar-refractivity contribution in [3.8, 4) is 0 Å². The zero-order chi connectivity index (χ0) is 16.4. The number of unbranched alkanes of at least 4 members (excludes halogenated alkanes) is 1. The molecule has 0 aromatic rings. The minimum Gasteiger partial charge on any atom is -0.417 e. The summed E-state index contributed by atoms with van der Waals surface area (Å²) >= 11 is 0. The Labute approximate surface area is 142 Å². The van der Waals surface area contributed by atoms with Gasteiger partial charge >= 0.3 is 0 Å². The van der Waals surface area contributed by atoms with E-state index in [1.54, 1.807) is 0 Å². The molecule has 0 N–H and O–H groups in total. The van der Waals surface area contributed by atoms with Crippen LogP contribution in [-0.2, 0) is 23.4 Å². The van der Waals surface area contributed by atoms with Crippen LogP contribution in [0.3, 0.4) is 0 Å². The van der Waals surface area contributed by atoms with Gasteiger partial charge in [0.05, 0.1) is 26.4 Å². The Morgan fingerprint density at radius 1 is 0.870 bits per heavy atom. The molecule has 0 aliphatic carbocycles. The first-order chi connectivity index (χ1) is 11.2. The molecule has 23 heavy (non-hydrogen) atoms. The number of hydrogen-bond acceptors (Lipinski definition) is 5. The van der Waals surface area contributed by atoms with Crippen molar-refractivity contribution < 1.29 is 23.4 Å². The lowest BCUT2D eigenvalue weighted by atomic mass is 10.4. The summed E-state index contributed by atoms with van der Waals surface area (Å²) in [4.78, 5) is 0. The van der Waals surface area contributed by atoms with Crippen molar-refractivity contribution in [2.24, 2.45) is 0 Å². The second-order valence-electron chi connectivity index (χ2n) is 6.92. The fraction of sp³-hybridized carbons (Fsp3) is 1.00. The summed E-state index contributed by atoms with van der Waals surface area (Å²) in [7, 11) is -1.63. The number of hydrogen-bond donors (Lipinski definition) is 0. The van der Waals surface area contributed by atoms with Gasteiger partial charge in [-0.15, -0.1) is 0 Å². The number of epoxide rings is 2. The minimum absolute atomic E-state index is 0.368. The molecule has 0 bridgehead atoms. The van der Waals surface area contributed by atoms with E-state index in [0.717, 1.165) is 65.5 Å². The van der Waals surface area contributed by atoms with E-state index in [4.69, 9.17) is 23.4 Å². The van der Waals surface area contributed by atoms with Crippen molar-refractivity contribution in [1.29, 1.82) is 0 Å². The van der Waals surface area contributed by atoms with Gasteiger partial charge in [0.2, 0.25) is 0 Å². The summed E-state index contributed by atoms with van der Waals surface area (Å²) in [6.45, 7) is 10.4. The molecule has 136 valence electrons. The second-order valence-corrected chi connectivity index (χ2v) is 11.1. The third-order valence-corrected chi connectivity index (χ3v) is 8.07. The van der Waals surface area contributed by atoms with Crippen LogP contribution in [0.1, 0.15) is 32.6 Å². The van der Waals surface area contributed by atoms with Crippen molar-refractivity contribution in [1.82, 2.24) is 0 Å². The van der Waals surface area contributed by atoms with E-state index in [2.05, 4.69) is 13.5 Å². The molecule has 0 saturated carbocycles. The lowest BCUT2D eigenvalue weighted by Gasteiger charge is -2.27. The van der Waals surface area contributed by atoms with Crippen LogP contribution < -0.4 is 0 Å². The molecule has 0 radical (unpaired) electrons. The van der Waals surface area contributed by atoms with Crippen molar-refractivity contribution in [2.75, 3.05) is 46.2 Å². The van der Waals surface area contributed by atoms with Crippen molar-refractivity contribution in [2.45, 2.75) is 63.5 Å². The Hall–Kier alpha value is 0.0169. The van der Waals surface area contributed by atoms with Gasteiger partial charge < -0.3 is 23.4 Å². The smallest absolute Gasteiger partial charge is 0.189 e. The first-order valence-corrected chi connectivity index (χ1v) is 12.1. The maximum absolute atomic E-state index is 6.33. The van der Waals surface area contributed by atoms with Gasteiger partial charge in [0.15, 0.2) is 8.32 Å². The van der Waals surface area contributed by atoms with Crippen LogP contribution in [0.25, 0.3) is 0 Å². The largest absolute Gasteiger partial charge is 0.417 e. The number of rotatable bonds is 16. The van der Waals surface area contributed by atoms with Gasteiger partial charge in [0.1, 0.15) is 12.2 Å². The zero-order valence-electron chi connectivity index (χ0n) is 14.9. The molecule has 2 aliphatic heterocycles. The summed E-state index contributed by atoms with van der Waals surface area (Å²) in [5.74, 6) is 0. The Balaban J connectivity index is 1.55. The molecule has 2 fully saturated rings. The van der Waals surface area contributed by atoms with Gasteiger partial charge in [-0.3, -0.25) is 0 Å². The Bertz CT molecular complexity index is 285. The molecule has 2 rings (SSSR count). The number of ether oxygens (including phenoxy) is 4. The molecule has 0 aromatic heterocycles. The quantitative estimate of drug-likeness (QED) is 0.244. The average Bonchev–Trinajstić information content (AvgIpc) is 3.42. The normalized spacial score (nSPS) is 25.3. The van der Waals surface area contributed by atoms with E-state index in [-0.39, 0.29) is 0 Å². The topological polar surface area (TPSA) is 52.8 Å². The van der Waals surface area contributed by atoms with Gasteiger partial charge in [-0.2, -0.15) is 0 Å². The fourth-order valence-corrected chi connectivity index (χ4v) is 5.55. The predicted octanol–water partition coefficient (Wildman–Crippen LogP) is 2.99. The van der Waals surface area contributed by atoms with Crippen LogP contribution in [-0.4, -0.2) is 66.8 Å². The summed E-state index contributed by atoms with van der Waals surface area (Å²) in [6.07, 6.45) is 5.28. The highest BCUT2D eigenvalue weighted by Crippen LogP contribution is 2.22. The first kappa shape index (κ1) is 19.3. The average molecular weight is 347 g/mol. The highest BCUT2D eigenvalue weighted by Gasteiger charge is 2.29. The van der Waals surface area contributed by atoms with Gasteiger partial charge in [0.25, 0.3) is 0 Å². The molecule has 2 unspecified atom stereocenters. The van der Waals surface area contributed by atoms with Crippen LogP contribution in [0.4, 0.5) is 0 Å². The predicted molar refractivity (Wildman–Crippen MR) is 92.4 cm³/mol. The third kappa shape index (κ3) is 9.79. The maximum atomic E-state index is 6.33. The molecule has 2 heterocycles. The zero-order valence-corrected chi connectivity index (χ0v) is 15.9. The summed E-state index contributed by atoms with van der Waals surface area (Å²) in [5, 5.41) is 0. The molecular weight excluding hydrogens is 312 g/mol. The lowest BCUT2D eigenvalue weighted by molar-refractivity contribution is 0.114. The molecule has 0 aromatic carbocycles. The highest BCUT2D eigenvalue weighted by atomic mass is 28.4. The van der Waals surface area contributed by atoms with Crippen molar-refractivity contribution in [3.63, 3.8) is 0 Å². The molecule has 0 amide bonds.